The summed E-state index contributed by atoms with van der Waals surface area (Å²) in [5, 5.41) is 0. The second-order valence-electron chi connectivity index (χ2n) is 4.91. The first kappa shape index (κ1) is 13.3. The van der Waals surface area contributed by atoms with E-state index in [1.54, 1.807) is 18.2 Å². The topological polar surface area (TPSA) is 44.8 Å². The molecule has 5 heteroatoms. The molecule has 4 nitrogen and oxygen atoms in total. The van der Waals surface area contributed by atoms with Gasteiger partial charge in [-0.3, -0.25) is 0 Å². The molecule has 1 heterocycles. The number of methoxy groups -OCH3 is 1. The Hall–Kier alpha value is -1.72. The van der Waals surface area contributed by atoms with Crippen LogP contribution in [0.5, 0.6) is 0 Å². The highest BCUT2D eigenvalue weighted by Gasteiger charge is 2.52. The van der Waals surface area contributed by atoms with Crippen LogP contribution in [-0.2, 0) is 19.0 Å². The Bertz CT molecular complexity index is 547. The molecule has 1 spiro atoms. The van der Waals surface area contributed by atoms with Crippen molar-refractivity contribution in [3.05, 3.63) is 47.8 Å². The molecule has 0 bridgehead atoms. The van der Waals surface area contributed by atoms with E-state index < -0.39 is 29.8 Å². The van der Waals surface area contributed by atoms with Crippen molar-refractivity contribution < 1.29 is 23.4 Å². The van der Waals surface area contributed by atoms with Crippen LogP contribution in [0.3, 0.4) is 0 Å². The number of carbonyl (C=O) groups is 1. The zero-order valence-corrected chi connectivity index (χ0v) is 11.0. The van der Waals surface area contributed by atoms with Gasteiger partial charge in [0.2, 0.25) is 0 Å². The second-order valence-corrected chi connectivity index (χ2v) is 4.91. The van der Waals surface area contributed by atoms with Gasteiger partial charge >= 0.3 is 5.97 Å². The molecule has 1 aromatic rings. The van der Waals surface area contributed by atoms with Crippen LogP contribution in [0, 0.1) is 5.82 Å². The first-order valence-corrected chi connectivity index (χ1v) is 6.48. The summed E-state index contributed by atoms with van der Waals surface area (Å²) in [6.45, 7) is 0. The summed E-state index contributed by atoms with van der Waals surface area (Å²) in [7, 11) is 1.28. The van der Waals surface area contributed by atoms with Crippen molar-refractivity contribution in [2.24, 2.45) is 0 Å². The summed E-state index contributed by atoms with van der Waals surface area (Å²) in [5.74, 6) is -1.84. The van der Waals surface area contributed by atoms with Crippen LogP contribution < -0.4 is 0 Å². The molecule has 0 amide bonds. The van der Waals surface area contributed by atoms with Crippen molar-refractivity contribution in [3.63, 3.8) is 0 Å². The highest BCUT2D eigenvalue weighted by Crippen LogP contribution is 2.45. The zero-order chi connectivity index (χ0) is 14.2. The molecule has 0 radical (unpaired) electrons. The molecule has 1 aromatic carbocycles. The molecule has 3 rings (SSSR count). The summed E-state index contributed by atoms with van der Waals surface area (Å²) in [6.07, 6.45) is 3.22. The number of ether oxygens (including phenoxy) is 3. The van der Waals surface area contributed by atoms with E-state index >= 15 is 0 Å². The molecule has 2 aliphatic rings. The van der Waals surface area contributed by atoms with Crippen LogP contribution in [0.1, 0.15) is 24.5 Å². The number of rotatable bonds is 2. The Morgan fingerprint density at radius 2 is 2.00 bits per heavy atom. The Morgan fingerprint density at radius 1 is 1.30 bits per heavy atom. The maximum atomic E-state index is 14.0. The third-order valence-electron chi connectivity index (χ3n) is 3.63. The van der Waals surface area contributed by atoms with Crippen LogP contribution in [0.4, 0.5) is 4.39 Å². The zero-order valence-electron chi connectivity index (χ0n) is 11.0. The molecular weight excluding hydrogens is 263 g/mol. The molecule has 1 aliphatic heterocycles. The van der Waals surface area contributed by atoms with Gasteiger partial charge < -0.3 is 14.2 Å². The van der Waals surface area contributed by atoms with Crippen LogP contribution in [0.2, 0.25) is 0 Å². The Balaban J connectivity index is 1.94. The maximum absolute atomic E-state index is 14.0. The predicted molar refractivity (Wildman–Crippen MR) is 68.2 cm³/mol. The smallest absolute Gasteiger partial charge is 0.338 e. The van der Waals surface area contributed by atoms with Crippen molar-refractivity contribution in [1.82, 2.24) is 0 Å². The molecular formula is C15H15FO4. The van der Waals surface area contributed by atoms with E-state index in [1.807, 2.05) is 12.2 Å². The van der Waals surface area contributed by atoms with Gasteiger partial charge in [-0.25, -0.2) is 9.18 Å². The van der Waals surface area contributed by atoms with E-state index in [9.17, 15) is 9.18 Å². The monoisotopic (exact) mass is 278 g/mol. The molecule has 20 heavy (non-hydrogen) atoms. The Kier molecular flexibility index (Phi) is 3.31. The number of carbonyl (C=O) groups excluding carboxylic acids is 1. The molecule has 2 atom stereocenters. The largest absolute Gasteiger partial charge is 0.467 e. The SMILES string of the molecule is COC(=O)[C@@H]1OC2(CC=CC2)O[C@H]1c1ccccc1F. The van der Waals surface area contributed by atoms with Gasteiger partial charge in [-0.2, -0.15) is 0 Å². The van der Waals surface area contributed by atoms with E-state index in [-0.39, 0.29) is 0 Å². The molecule has 1 aliphatic carbocycles. The molecule has 0 saturated carbocycles. The third-order valence-corrected chi connectivity index (χ3v) is 3.63. The van der Waals surface area contributed by atoms with Crippen molar-refractivity contribution >= 4 is 5.97 Å². The van der Waals surface area contributed by atoms with Crippen LogP contribution >= 0.6 is 0 Å². The number of esters is 1. The van der Waals surface area contributed by atoms with Gasteiger partial charge in [-0.15, -0.1) is 0 Å². The van der Waals surface area contributed by atoms with Gasteiger partial charge in [0.1, 0.15) is 11.9 Å². The number of benzene rings is 1. The summed E-state index contributed by atoms with van der Waals surface area (Å²) < 4.78 is 30.3. The van der Waals surface area contributed by atoms with Gasteiger partial charge in [0.05, 0.1) is 7.11 Å². The average Bonchev–Trinajstić information content (AvgIpc) is 3.07. The Labute approximate surface area is 116 Å². The lowest BCUT2D eigenvalue weighted by Gasteiger charge is -2.21. The van der Waals surface area contributed by atoms with Crippen molar-refractivity contribution in [1.29, 1.82) is 0 Å². The van der Waals surface area contributed by atoms with Gasteiger partial charge in [0.15, 0.2) is 11.9 Å². The molecule has 0 aromatic heterocycles. The number of hydrogen-bond donors (Lipinski definition) is 0. The lowest BCUT2D eigenvalue weighted by atomic mass is 10.0. The minimum atomic E-state index is -0.947. The summed E-state index contributed by atoms with van der Waals surface area (Å²) >= 11 is 0. The third kappa shape index (κ3) is 2.13. The van der Waals surface area contributed by atoms with E-state index in [0.717, 1.165) is 0 Å². The number of hydrogen-bond acceptors (Lipinski definition) is 4. The van der Waals surface area contributed by atoms with Crippen LogP contribution in [-0.4, -0.2) is 25.0 Å². The quantitative estimate of drug-likeness (QED) is 0.616. The molecule has 1 saturated heterocycles. The summed E-state index contributed by atoms with van der Waals surface area (Å²) in [6, 6.07) is 6.23. The van der Waals surface area contributed by atoms with Crippen LogP contribution in [0.25, 0.3) is 0 Å². The van der Waals surface area contributed by atoms with Gasteiger partial charge in [0.25, 0.3) is 0 Å². The van der Waals surface area contributed by atoms with E-state index in [2.05, 4.69) is 0 Å². The van der Waals surface area contributed by atoms with Gasteiger partial charge in [0, 0.05) is 18.4 Å². The van der Waals surface area contributed by atoms with E-state index in [4.69, 9.17) is 14.2 Å². The molecule has 1 fully saturated rings. The first-order chi connectivity index (χ1) is 9.65. The van der Waals surface area contributed by atoms with Crippen molar-refractivity contribution in [2.75, 3.05) is 7.11 Å². The minimum Gasteiger partial charge on any atom is -0.467 e. The van der Waals surface area contributed by atoms with Crippen molar-refractivity contribution in [2.45, 2.75) is 30.8 Å². The highest BCUT2D eigenvalue weighted by molar-refractivity contribution is 5.76. The fourth-order valence-electron chi connectivity index (χ4n) is 2.64. The van der Waals surface area contributed by atoms with E-state index in [1.165, 1.54) is 13.2 Å². The number of halogens is 1. The summed E-state index contributed by atoms with van der Waals surface area (Å²) in [4.78, 5) is 11.9. The fourth-order valence-corrected chi connectivity index (χ4v) is 2.64. The van der Waals surface area contributed by atoms with Gasteiger partial charge in [-0.05, 0) is 6.07 Å². The summed E-state index contributed by atoms with van der Waals surface area (Å²) in [5.41, 5.74) is 0.312. The predicted octanol–water partition coefficient (Wildman–Crippen LogP) is 2.50. The normalized spacial score (nSPS) is 27.1. The maximum Gasteiger partial charge on any atom is 0.338 e. The fraction of sp³-hybridized carbons (Fsp3) is 0.400. The van der Waals surface area contributed by atoms with Gasteiger partial charge in [-0.1, -0.05) is 30.4 Å². The average molecular weight is 278 g/mol. The minimum absolute atomic E-state index is 0.312. The van der Waals surface area contributed by atoms with Crippen molar-refractivity contribution in [3.8, 4) is 0 Å². The van der Waals surface area contributed by atoms with Crippen LogP contribution in [0.15, 0.2) is 36.4 Å². The molecule has 106 valence electrons. The standard InChI is InChI=1S/C15H15FO4/c1-18-14(17)13-12(10-6-2-3-7-11(10)16)19-15(20-13)8-4-5-9-15/h2-7,12-13H,8-9H2,1H3/t12-,13+/m0/s1. The second kappa shape index (κ2) is 5.00. The highest BCUT2D eigenvalue weighted by atomic mass is 19.1. The lowest BCUT2D eigenvalue weighted by Crippen LogP contribution is -2.31. The first-order valence-electron chi connectivity index (χ1n) is 6.48. The Morgan fingerprint density at radius 3 is 2.65 bits per heavy atom. The lowest BCUT2D eigenvalue weighted by molar-refractivity contribution is -0.178. The molecule has 0 unspecified atom stereocenters. The molecule has 0 N–H and O–H groups in total. The van der Waals surface area contributed by atoms with E-state index in [0.29, 0.717) is 18.4 Å².